The van der Waals surface area contributed by atoms with Crippen LogP contribution >= 0.6 is 0 Å². The molecular formula is C17H20N4O5. The Morgan fingerprint density at radius 2 is 1.92 bits per heavy atom. The molecular weight excluding hydrogens is 340 g/mol. The molecule has 2 heterocycles. The molecule has 0 saturated carbocycles. The van der Waals surface area contributed by atoms with E-state index in [1.54, 1.807) is 12.1 Å². The second-order valence-electron chi connectivity index (χ2n) is 6.03. The number of rotatable bonds is 7. The number of aliphatic carboxylic acids is 2. The molecule has 1 aromatic carbocycles. The second-order valence-corrected chi connectivity index (χ2v) is 6.03. The van der Waals surface area contributed by atoms with Gasteiger partial charge in [-0.1, -0.05) is 12.1 Å². The lowest BCUT2D eigenvalue weighted by molar-refractivity contribution is -0.144. The Kier molecular flexibility index (Phi) is 5.59. The van der Waals surface area contributed by atoms with E-state index in [1.807, 2.05) is 12.1 Å². The maximum atomic E-state index is 11.4. The van der Waals surface area contributed by atoms with E-state index in [1.165, 1.54) is 0 Å². The number of ether oxygens (including phenoxy) is 1. The fourth-order valence-corrected chi connectivity index (χ4v) is 2.80. The Balaban J connectivity index is 1.91. The summed E-state index contributed by atoms with van der Waals surface area (Å²) in [4.78, 5) is 33.5. The topological polar surface area (TPSA) is 125 Å². The molecule has 9 nitrogen and oxygen atoms in total. The zero-order valence-electron chi connectivity index (χ0n) is 14.1. The van der Waals surface area contributed by atoms with Crippen LogP contribution in [-0.4, -0.2) is 69.4 Å². The van der Waals surface area contributed by atoms with Crippen LogP contribution in [0.2, 0.25) is 0 Å². The molecule has 1 aliphatic rings. The number of hydrogen-bond acceptors (Lipinski definition) is 7. The quantitative estimate of drug-likeness (QED) is 0.657. The third-order valence-electron chi connectivity index (χ3n) is 4.11. The number of anilines is 1. The molecule has 3 N–H and O–H groups in total. The molecule has 1 aromatic heterocycles. The molecule has 2 aromatic rings. The van der Waals surface area contributed by atoms with Crippen molar-refractivity contribution in [1.82, 2.24) is 14.9 Å². The Labute approximate surface area is 149 Å². The van der Waals surface area contributed by atoms with Crippen LogP contribution in [0.25, 0.3) is 10.9 Å². The van der Waals surface area contributed by atoms with Gasteiger partial charge in [0.2, 0.25) is 0 Å². The molecule has 1 aliphatic heterocycles. The van der Waals surface area contributed by atoms with E-state index in [0.29, 0.717) is 42.3 Å². The number of nitrogens with one attached hydrogen (secondary N) is 1. The Morgan fingerprint density at radius 1 is 1.19 bits per heavy atom. The summed E-state index contributed by atoms with van der Waals surface area (Å²) in [7, 11) is 0. The first-order valence-electron chi connectivity index (χ1n) is 8.30. The minimum atomic E-state index is -1.28. The standard InChI is InChI=1S/C17H20N4O5/c22-15(23)9-13(17(24)25)19-16-11-3-1-2-4-12(11)18-14(20-16)10-21-5-7-26-8-6-21/h1-4,13H,5-10H2,(H,22,23)(H,24,25)(H,18,19,20). The monoisotopic (exact) mass is 360 g/mol. The Morgan fingerprint density at radius 3 is 2.62 bits per heavy atom. The summed E-state index contributed by atoms with van der Waals surface area (Å²) >= 11 is 0. The molecule has 0 aliphatic carbocycles. The lowest BCUT2D eigenvalue weighted by atomic mass is 10.2. The van der Waals surface area contributed by atoms with Gasteiger partial charge in [-0.15, -0.1) is 0 Å². The van der Waals surface area contributed by atoms with Gasteiger partial charge in [-0.25, -0.2) is 14.8 Å². The highest BCUT2D eigenvalue weighted by atomic mass is 16.5. The summed E-state index contributed by atoms with van der Waals surface area (Å²) < 4.78 is 5.33. The molecule has 1 fully saturated rings. The number of benzene rings is 1. The number of morpholine rings is 1. The molecule has 9 heteroatoms. The third-order valence-corrected chi connectivity index (χ3v) is 4.11. The van der Waals surface area contributed by atoms with Crippen molar-refractivity contribution in [2.45, 2.75) is 19.0 Å². The highest BCUT2D eigenvalue weighted by Gasteiger charge is 2.23. The first kappa shape index (κ1) is 18.0. The third kappa shape index (κ3) is 4.44. The van der Waals surface area contributed by atoms with E-state index in [9.17, 15) is 14.7 Å². The van der Waals surface area contributed by atoms with Gasteiger partial charge in [0.25, 0.3) is 0 Å². The lowest BCUT2D eigenvalue weighted by Crippen LogP contribution is -2.36. The van der Waals surface area contributed by atoms with Crippen molar-refractivity contribution >= 4 is 28.7 Å². The van der Waals surface area contributed by atoms with E-state index in [4.69, 9.17) is 9.84 Å². The number of nitrogens with zero attached hydrogens (tertiary/aromatic N) is 3. The molecule has 138 valence electrons. The van der Waals surface area contributed by atoms with Gasteiger partial charge in [-0.05, 0) is 12.1 Å². The van der Waals surface area contributed by atoms with Crippen LogP contribution in [0.1, 0.15) is 12.2 Å². The van der Waals surface area contributed by atoms with E-state index in [-0.39, 0.29) is 0 Å². The fourth-order valence-electron chi connectivity index (χ4n) is 2.80. The number of carbonyl (C=O) groups is 2. The van der Waals surface area contributed by atoms with Crippen molar-refractivity contribution in [3.05, 3.63) is 30.1 Å². The van der Waals surface area contributed by atoms with E-state index in [2.05, 4.69) is 20.2 Å². The molecule has 3 rings (SSSR count). The largest absolute Gasteiger partial charge is 0.481 e. The summed E-state index contributed by atoms with van der Waals surface area (Å²) in [6, 6.07) is 5.95. The van der Waals surface area contributed by atoms with Gasteiger partial charge < -0.3 is 20.3 Å². The van der Waals surface area contributed by atoms with Crippen LogP contribution in [0.5, 0.6) is 0 Å². The smallest absolute Gasteiger partial charge is 0.326 e. The average molecular weight is 360 g/mol. The number of hydrogen-bond donors (Lipinski definition) is 3. The van der Waals surface area contributed by atoms with Crippen molar-refractivity contribution in [2.75, 3.05) is 31.6 Å². The minimum Gasteiger partial charge on any atom is -0.481 e. The van der Waals surface area contributed by atoms with E-state index < -0.39 is 24.4 Å². The van der Waals surface area contributed by atoms with Gasteiger partial charge >= 0.3 is 11.9 Å². The Bertz CT molecular complexity index is 807. The average Bonchev–Trinajstić information content (AvgIpc) is 2.61. The van der Waals surface area contributed by atoms with Crippen molar-refractivity contribution in [2.24, 2.45) is 0 Å². The summed E-state index contributed by atoms with van der Waals surface area (Å²) in [5.74, 6) is -1.57. The van der Waals surface area contributed by atoms with Gasteiger partial charge in [0, 0.05) is 18.5 Å². The second kappa shape index (κ2) is 8.07. The number of aromatic nitrogens is 2. The molecule has 1 atom stereocenters. The van der Waals surface area contributed by atoms with Crippen LogP contribution < -0.4 is 5.32 Å². The predicted octanol–water partition coefficient (Wildman–Crippen LogP) is 0.802. The normalized spacial score (nSPS) is 16.3. The van der Waals surface area contributed by atoms with E-state index >= 15 is 0 Å². The molecule has 1 saturated heterocycles. The SMILES string of the molecule is O=C(O)CC(Nc1nc(CN2CCOCC2)nc2ccccc12)C(=O)O. The summed E-state index contributed by atoms with van der Waals surface area (Å²) in [5.41, 5.74) is 0.674. The summed E-state index contributed by atoms with van der Waals surface area (Å²) in [6.45, 7) is 3.36. The first-order chi connectivity index (χ1) is 12.5. The van der Waals surface area contributed by atoms with Gasteiger partial charge in [0.05, 0.1) is 31.7 Å². The molecule has 0 radical (unpaired) electrons. The maximum absolute atomic E-state index is 11.4. The van der Waals surface area contributed by atoms with Gasteiger partial charge in [0.15, 0.2) is 0 Å². The number of carboxylic acid groups (broad SMARTS) is 2. The van der Waals surface area contributed by atoms with Gasteiger partial charge in [-0.2, -0.15) is 0 Å². The Hall–Kier alpha value is -2.78. The van der Waals surface area contributed by atoms with Crippen molar-refractivity contribution in [3.8, 4) is 0 Å². The van der Waals surface area contributed by atoms with Crippen molar-refractivity contribution in [1.29, 1.82) is 0 Å². The maximum Gasteiger partial charge on any atom is 0.326 e. The van der Waals surface area contributed by atoms with Crippen LogP contribution in [0, 0.1) is 0 Å². The minimum absolute atomic E-state index is 0.326. The molecule has 0 bridgehead atoms. The van der Waals surface area contributed by atoms with Gasteiger partial charge in [0.1, 0.15) is 17.7 Å². The molecule has 1 unspecified atom stereocenters. The van der Waals surface area contributed by atoms with Crippen LogP contribution in [0.15, 0.2) is 24.3 Å². The number of para-hydroxylation sites is 1. The number of fused-ring (bicyclic) bond motifs is 1. The predicted molar refractivity (Wildman–Crippen MR) is 92.9 cm³/mol. The first-order valence-corrected chi connectivity index (χ1v) is 8.30. The van der Waals surface area contributed by atoms with Crippen LogP contribution in [0.4, 0.5) is 5.82 Å². The van der Waals surface area contributed by atoms with Crippen molar-refractivity contribution < 1.29 is 24.5 Å². The fraction of sp³-hybridized carbons (Fsp3) is 0.412. The number of carboxylic acids is 2. The van der Waals surface area contributed by atoms with Gasteiger partial charge in [-0.3, -0.25) is 9.69 Å². The molecule has 0 spiro atoms. The zero-order chi connectivity index (χ0) is 18.5. The molecule has 26 heavy (non-hydrogen) atoms. The van der Waals surface area contributed by atoms with Crippen molar-refractivity contribution in [3.63, 3.8) is 0 Å². The van der Waals surface area contributed by atoms with E-state index in [0.717, 1.165) is 13.1 Å². The summed E-state index contributed by atoms with van der Waals surface area (Å²) in [5, 5.41) is 21.6. The van der Waals surface area contributed by atoms with Crippen LogP contribution in [0.3, 0.4) is 0 Å². The zero-order valence-corrected chi connectivity index (χ0v) is 14.1. The summed E-state index contributed by atoms with van der Waals surface area (Å²) in [6.07, 6.45) is -0.549. The lowest BCUT2D eigenvalue weighted by Gasteiger charge is -2.26. The van der Waals surface area contributed by atoms with Crippen LogP contribution in [-0.2, 0) is 20.9 Å². The highest BCUT2D eigenvalue weighted by molar-refractivity contribution is 5.91. The molecule has 0 amide bonds. The highest BCUT2D eigenvalue weighted by Crippen LogP contribution is 2.22.